The fourth-order valence-corrected chi connectivity index (χ4v) is 5.77. The van der Waals surface area contributed by atoms with Crippen LogP contribution in [-0.2, 0) is 24.3 Å². The van der Waals surface area contributed by atoms with Gasteiger partial charge in [0, 0.05) is 6.54 Å². The maximum atomic E-state index is 13.1. The van der Waals surface area contributed by atoms with Crippen LogP contribution >= 0.6 is 11.6 Å². The van der Waals surface area contributed by atoms with Crippen molar-refractivity contribution in [2.45, 2.75) is 51.0 Å². The molecular formula is C23H27ClN2O5S. The molecule has 1 fully saturated rings. The highest BCUT2D eigenvalue weighted by Crippen LogP contribution is 2.28. The fraction of sp³-hybridized carbons (Fsp3) is 0.391. The van der Waals surface area contributed by atoms with Crippen molar-refractivity contribution in [3.8, 4) is 0 Å². The largest absolute Gasteiger partial charge is 0.454 e. The number of rotatable bonds is 6. The van der Waals surface area contributed by atoms with Crippen molar-refractivity contribution < 1.29 is 22.7 Å². The lowest BCUT2D eigenvalue weighted by Crippen LogP contribution is -2.48. The number of esters is 1. The summed E-state index contributed by atoms with van der Waals surface area (Å²) in [7, 11) is -3.86. The van der Waals surface area contributed by atoms with E-state index in [0.717, 1.165) is 16.7 Å². The molecule has 3 rings (SSSR count). The number of hydrogen-bond donors (Lipinski definition) is 1. The highest BCUT2D eigenvalue weighted by molar-refractivity contribution is 7.89. The first-order chi connectivity index (χ1) is 15.1. The first kappa shape index (κ1) is 24.2. The van der Waals surface area contributed by atoms with E-state index in [1.807, 2.05) is 26.8 Å². The number of aryl methyl sites for hydroxylation is 3. The van der Waals surface area contributed by atoms with Crippen LogP contribution < -0.4 is 5.32 Å². The molecule has 0 radical (unpaired) electrons. The lowest BCUT2D eigenvalue weighted by Gasteiger charge is -2.33. The summed E-state index contributed by atoms with van der Waals surface area (Å²) in [5.41, 5.74) is 3.15. The molecule has 1 unspecified atom stereocenters. The van der Waals surface area contributed by atoms with Crippen molar-refractivity contribution in [2.75, 3.05) is 18.5 Å². The molecule has 1 heterocycles. The Bertz CT molecular complexity index is 1090. The van der Waals surface area contributed by atoms with Crippen LogP contribution in [0.4, 0.5) is 5.69 Å². The zero-order valence-electron chi connectivity index (χ0n) is 18.4. The SMILES string of the molecule is Cc1ccc(S(=O)(=O)N2CCCCC2C(=O)OCC(=O)Nc2c(C)cc(C)cc2Cl)cc1. The standard InChI is InChI=1S/C23H27ClN2O5S/c1-15-7-9-18(10-8-15)32(29,30)26-11-5-4-6-20(26)23(28)31-14-21(27)25-22-17(3)12-16(2)13-19(22)24/h7-10,12-13,20H,4-6,11,14H2,1-3H3,(H,25,27). The Balaban J connectivity index is 1.68. The van der Waals surface area contributed by atoms with Gasteiger partial charge in [0.25, 0.3) is 5.91 Å². The molecule has 0 bridgehead atoms. The summed E-state index contributed by atoms with van der Waals surface area (Å²) in [6, 6.07) is 9.13. The van der Waals surface area contributed by atoms with Crippen LogP contribution in [0.2, 0.25) is 5.02 Å². The average Bonchev–Trinajstić information content (AvgIpc) is 2.75. The second kappa shape index (κ2) is 10.0. The molecule has 1 atom stereocenters. The van der Waals surface area contributed by atoms with Gasteiger partial charge in [-0.05, 0) is 69.4 Å². The van der Waals surface area contributed by atoms with Gasteiger partial charge in [0.2, 0.25) is 10.0 Å². The Hall–Kier alpha value is -2.42. The summed E-state index contributed by atoms with van der Waals surface area (Å²) in [6.45, 7) is 5.27. The lowest BCUT2D eigenvalue weighted by atomic mass is 10.1. The van der Waals surface area contributed by atoms with E-state index in [0.29, 0.717) is 30.0 Å². The van der Waals surface area contributed by atoms with E-state index in [-0.39, 0.29) is 11.4 Å². The topological polar surface area (TPSA) is 92.8 Å². The summed E-state index contributed by atoms with van der Waals surface area (Å²) in [5, 5.41) is 3.05. The van der Waals surface area contributed by atoms with E-state index < -0.39 is 34.5 Å². The average molecular weight is 479 g/mol. The molecule has 1 aliphatic rings. The molecule has 1 aliphatic heterocycles. The number of amides is 1. The molecule has 0 aliphatic carbocycles. The van der Waals surface area contributed by atoms with Crippen molar-refractivity contribution >= 4 is 39.2 Å². The molecule has 2 aromatic carbocycles. The zero-order chi connectivity index (χ0) is 23.5. The number of benzene rings is 2. The Morgan fingerprint density at radius 1 is 1.09 bits per heavy atom. The molecule has 7 nitrogen and oxygen atoms in total. The van der Waals surface area contributed by atoms with Gasteiger partial charge in [0.1, 0.15) is 6.04 Å². The van der Waals surface area contributed by atoms with Crippen molar-refractivity contribution in [3.63, 3.8) is 0 Å². The Morgan fingerprint density at radius 2 is 1.78 bits per heavy atom. The third kappa shape index (κ3) is 5.49. The summed E-state index contributed by atoms with van der Waals surface area (Å²) in [4.78, 5) is 25.2. The van der Waals surface area contributed by atoms with Crippen molar-refractivity contribution in [3.05, 3.63) is 58.1 Å². The van der Waals surface area contributed by atoms with Crippen LogP contribution in [0.5, 0.6) is 0 Å². The van der Waals surface area contributed by atoms with Gasteiger partial charge in [-0.1, -0.05) is 35.4 Å². The summed E-state index contributed by atoms with van der Waals surface area (Å²) >= 11 is 6.20. The summed E-state index contributed by atoms with van der Waals surface area (Å²) in [6.07, 6.45) is 1.69. The first-order valence-electron chi connectivity index (χ1n) is 10.4. The lowest BCUT2D eigenvalue weighted by molar-refractivity contribution is -0.152. The number of sulfonamides is 1. The number of carbonyl (C=O) groups is 2. The molecule has 1 amide bonds. The normalized spacial score (nSPS) is 17.1. The molecule has 1 saturated heterocycles. The third-order valence-corrected chi connectivity index (χ3v) is 7.62. The molecule has 0 saturated carbocycles. The van der Waals surface area contributed by atoms with Crippen LogP contribution in [0.1, 0.15) is 36.0 Å². The maximum absolute atomic E-state index is 13.1. The van der Waals surface area contributed by atoms with Gasteiger partial charge < -0.3 is 10.1 Å². The van der Waals surface area contributed by atoms with Gasteiger partial charge in [-0.3, -0.25) is 9.59 Å². The van der Waals surface area contributed by atoms with Gasteiger partial charge in [-0.15, -0.1) is 0 Å². The van der Waals surface area contributed by atoms with Crippen molar-refractivity contribution in [1.82, 2.24) is 4.31 Å². The van der Waals surface area contributed by atoms with Crippen LogP contribution in [0.15, 0.2) is 41.3 Å². The Labute approximate surface area is 193 Å². The smallest absolute Gasteiger partial charge is 0.324 e. The van der Waals surface area contributed by atoms with E-state index in [2.05, 4.69) is 5.32 Å². The van der Waals surface area contributed by atoms with E-state index in [1.54, 1.807) is 18.2 Å². The van der Waals surface area contributed by atoms with Crippen LogP contribution in [0.25, 0.3) is 0 Å². The molecular weight excluding hydrogens is 452 g/mol. The minimum absolute atomic E-state index is 0.130. The number of halogens is 1. The molecule has 0 spiro atoms. The Kier molecular flexibility index (Phi) is 7.59. The van der Waals surface area contributed by atoms with E-state index in [4.69, 9.17) is 16.3 Å². The summed E-state index contributed by atoms with van der Waals surface area (Å²) < 4.78 is 32.6. The van der Waals surface area contributed by atoms with E-state index >= 15 is 0 Å². The number of nitrogens with zero attached hydrogens (tertiary/aromatic N) is 1. The minimum atomic E-state index is -3.86. The summed E-state index contributed by atoms with van der Waals surface area (Å²) in [5.74, 6) is -1.28. The predicted molar refractivity (Wildman–Crippen MR) is 123 cm³/mol. The van der Waals surface area contributed by atoms with Crippen molar-refractivity contribution in [1.29, 1.82) is 0 Å². The first-order valence-corrected chi connectivity index (χ1v) is 12.2. The van der Waals surface area contributed by atoms with Crippen LogP contribution in [-0.4, -0.2) is 43.8 Å². The minimum Gasteiger partial charge on any atom is -0.454 e. The quantitative estimate of drug-likeness (QED) is 0.633. The van der Waals surface area contributed by atoms with Crippen LogP contribution in [0.3, 0.4) is 0 Å². The number of hydrogen-bond acceptors (Lipinski definition) is 5. The van der Waals surface area contributed by atoms with Gasteiger partial charge >= 0.3 is 5.97 Å². The second-order valence-electron chi connectivity index (χ2n) is 8.03. The maximum Gasteiger partial charge on any atom is 0.324 e. The molecule has 32 heavy (non-hydrogen) atoms. The highest BCUT2D eigenvalue weighted by atomic mass is 35.5. The molecule has 1 N–H and O–H groups in total. The molecule has 2 aromatic rings. The number of carbonyl (C=O) groups excluding carboxylic acids is 2. The third-order valence-electron chi connectivity index (χ3n) is 5.40. The van der Waals surface area contributed by atoms with Crippen LogP contribution in [0, 0.1) is 20.8 Å². The number of ether oxygens (including phenoxy) is 1. The Morgan fingerprint density at radius 3 is 2.44 bits per heavy atom. The van der Waals surface area contributed by atoms with Gasteiger partial charge in [-0.2, -0.15) is 4.31 Å². The zero-order valence-corrected chi connectivity index (χ0v) is 19.9. The van der Waals surface area contributed by atoms with Crippen molar-refractivity contribution in [2.24, 2.45) is 0 Å². The molecule has 172 valence electrons. The monoisotopic (exact) mass is 478 g/mol. The predicted octanol–water partition coefficient (Wildman–Crippen LogP) is 3.99. The van der Waals surface area contributed by atoms with Gasteiger partial charge in [0.15, 0.2) is 6.61 Å². The number of anilines is 1. The number of piperidine rings is 1. The van der Waals surface area contributed by atoms with E-state index in [1.165, 1.54) is 16.4 Å². The van der Waals surface area contributed by atoms with E-state index in [9.17, 15) is 18.0 Å². The number of nitrogens with one attached hydrogen (secondary N) is 1. The highest BCUT2D eigenvalue weighted by Gasteiger charge is 2.38. The van der Waals surface area contributed by atoms with Gasteiger partial charge in [-0.25, -0.2) is 8.42 Å². The molecule has 9 heteroatoms. The fourth-order valence-electron chi connectivity index (χ4n) is 3.76. The second-order valence-corrected chi connectivity index (χ2v) is 10.3. The molecule has 0 aromatic heterocycles. The van der Waals surface area contributed by atoms with Gasteiger partial charge in [0.05, 0.1) is 15.6 Å².